The van der Waals surface area contributed by atoms with Crippen LogP contribution in [-0.4, -0.2) is 27.6 Å². The summed E-state index contributed by atoms with van der Waals surface area (Å²) in [6.45, 7) is 1.48. The van der Waals surface area contributed by atoms with Crippen molar-refractivity contribution in [1.82, 2.24) is 4.98 Å². The summed E-state index contributed by atoms with van der Waals surface area (Å²) in [4.78, 5) is 37.4. The summed E-state index contributed by atoms with van der Waals surface area (Å²) >= 11 is 0. The number of aromatic amines is 1. The van der Waals surface area contributed by atoms with Gasteiger partial charge in [-0.05, 0) is 30.7 Å². The summed E-state index contributed by atoms with van der Waals surface area (Å²) in [5, 5.41) is 9.76. The minimum absolute atomic E-state index is 0.0406. The van der Waals surface area contributed by atoms with Crippen molar-refractivity contribution in [3.63, 3.8) is 0 Å². The number of benzene rings is 2. The van der Waals surface area contributed by atoms with E-state index >= 15 is 0 Å². The molecule has 5 nitrogen and oxygen atoms in total. The average Bonchev–Trinajstić information content (AvgIpc) is 2.98. The highest BCUT2D eigenvalue weighted by atomic mass is 16.4. The van der Waals surface area contributed by atoms with Crippen molar-refractivity contribution in [2.75, 3.05) is 0 Å². The van der Waals surface area contributed by atoms with E-state index in [1.54, 1.807) is 48.5 Å². The molecule has 0 saturated heterocycles. The fourth-order valence-corrected chi connectivity index (χ4v) is 2.59. The van der Waals surface area contributed by atoms with Crippen molar-refractivity contribution >= 4 is 28.4 Å². The van der Waals surface area contributed by atoms with E-state index in [4.69, 9.17) is 5.11 Å². The van der Waals surface area contributed by atoms with Crippen LogP contribution >= 0.6 is 0 Å². The number of Topliss-reactive ketones (excluding diaryl/α,β-unsaturated/α-hetero) is 2. The molecule has 120 valence electrons. The topological polar surface area (TPSA) is 87.2 Å². The first-order chi connectivity index (χ1) is 11.4. The van der Waals surface area contributed by atoms with Crippen molar-refractivity contribution in [3.05, 3.63) is 70.9 Å². The Morgan fingerprint density at radius 3 is 2.25 bits per heavy atom. The number of nitrogens with one attached hydrogen (secondary N) is 1. The van der Waals surface area contributed by atoms with E-state index in [1.165, 1.54) is 6.92 Å². The lowest BCUT2D eigenvalue weighted by Gasteiger charge is -2.03. The van der Waals surface area contributed by atoms with E-state index < -0.39 is 5.97 Å². The first-order valence-corrected chi connectivity index (χ1v) is 7.43. The second-order valence-electron chi connectivity index (χ2n) is 5.64. The van der Waals surface area contributed by atoms with Crippen LogP contribution in [0.15, 0.2) is 48.5 Å². The van der Waals surface area contributed by atoms with Crippen molar-refractivity contribution in [3.8, 4) is 0 Å². The van der Waals surface area contributed by atoms with Gasteiger partial charge in [0.25, 0.3) is 0 Å². The molecule has 0 radical (unpaired) electrons. The van der Waals surface area contributed by atoms with E-state index in [0.29, 0.717) is 11.1 Å². The molecular weight excluding hydrogens is 306 g/mol. The molecule has 0 amide bonds. The third-order valence-electron chi connectivity index (χ3n) is 3.89. The Balaban J connectivity index is 1.82. The van der Waals surface area contributed by atoms with Gasteiger partial charge in [0.2, 0.25) is 0 Å². The lowest BCUT2D eigenvalue weighted by molar-refractivity contribution is 0.0691. The van der Waals surface area contributed by atoms with Gasteiger partial charge in [0, 0.05) is 28.5 Å². The fourth-order valence-electron chi connectivity index (χ4n) is 2.59. The van der Waals surface area contributed by atoms with E-state index in [2.05, 4.69) is 4.98 Å². The molecule has 0 unspecified atom stereocenters. The maximum Gasteiger partial charge on any atom is 0.352 e. The minimum atomic E-state index is -1.02. The van der Waals surface area contributed by atoms with Crippen LogP contribution in [0, 0.1) is 0 Å². The number of carboxylic acids is 1. The van der Waals surface area contributed by atoms with Gasteiger partial charge in [-0.25, -0.2) is 4.79 Å². The van der Waals surface area contributed by atoms with Crippen LogP contribution in [-0.2, 0) is 6.42 Å². The fraction of sp³-hybridized carbons (Fsp3) is 0.105. The number of carbonyl (C=O) groups is 3. The zero-order valence-corrected chi connectivity index (χ0v) is 13.0. The van der Waals surface area contributed by atoms with Crippen LogP contribution in [0.1, 0.15) is 43.7 Å². The molecule has 3 aromatic rings. The predicted octanol–water partition coefficient (Wildman–Crippen LogP) is 3.49. The minimum Gasteiger partial charge on any atom is -0.477 e. The van der Waals surface area contributed by atoms with Crippen molar-refractivity contribution in [1.29, 1.82) is 0 Å². The molecule has 5 heteroatoms. The maximum absolute atomic E-state index is 12.4. The Kier molecular flexibility index (Phi) is 4.00. The summed E-state index contributed by atoms with van der Waals surface area (Å²) in [7, 11) is 0. The molecular formula is C19H15NO4. The smallest absolute Gasteiger partial charge is 0.352 e. The van der Waals surface area contributed by atoms with E-state index in [0.717, 1.165) is 16.5 Å². The third-order valence-corrected chi connectivity index (χ3v) is 3.89. The van der Waals surface area contributed by atoms with Crippen LogP contribution in [0.2, 0.25) is 0 Å². The summed E-state index contributed by atoms with van der Waals surface area (Å²) in [6.07, 6.45) is 0.211. The van der Waals surface area contributed by atoms with Gasteiger partial charge in [-0.15, -0.1) is 0 Å². The Labute approximate surface area is 137 Å². The number of carbonyl (C=O) groups excluding carboxylic acids is 2. The number of hydrogen-bond acceptors (Lipinski definition) is 3. The quantitative estimate of drug-likeness (QED) is 0.704. The Hall–Kier alpha value is -3.21. The molecule has 0 saturated carbocycles. The molecule has 2 N–H and O–H groups in total. The van der Waals surface area contributed by atoms with Crippen LogP contribution in [0.3, 0.4) is 0 Å². The molecule has 0 fully saturated rings. The summed E-state index contributed by atoms with van der Waals surface area (Å²) in [5.74, 6) is -1.12. The van der Waals surface area contributed by atoms with Gasteiger partial charge in [0.1, 0.15) is 5.69 Å². The van der Waals surface area contributed by atoms with Crippen LogP contribution in [0.4, 0.5) is 0 Å². The molecule has 0 aliphatic carbocycles. The number of rotatable bonds is 5. The first kappa shape index (κ1) is 15.7. The number of carboxylic acid groups (broad SMARTS) is 1. The normalized spacial score (nSPS) is 10.7. The lowest BCUT2D eigenvalue weighted by Crippen LogP contribution is -2.04. The Bertz CT molecular complexity index is 951. The van der Waals surface area contributed by atoms with E-state index in [9.17, 15) is 14.4 Å². The molecule has 0 spiro atoms. The molecule has 0 aliphatic rings. The first-order valence-electron chi connectivity index (χ1n) is 7.43. The molecule has 0 aliphatic heterocycles. The van der Waals surface area contributed by atoms with Gasteiger partial charge < -0.3 is 10.1 Å². The third kappa shape index (κ3) is 3.10. The molecule has 1 heterocycles. The van der Waals surface area contributed by atoms with Crippen molar-refractivity contribution in [2.45, 2.75) is 13.3 Å². The number of aromatic carboxylic acids is 1. The van der Waals surface area contributed by atoms with Gasteiger partial charge in [0.05, 0.1) is 0 Å². The number of ketones is 2. The maximum atomic E-state index is 12.4. The molecule has 2 aromatic carbocycles. The SMILES string of the molecule is CC(=O)c1ccc(C(=O)Cc2ccc3[nH]c(C(=O)O)cc3c2)cc1. The Morgan fingerprint density at radius 1 is 0.958 bits per heavy atom. The molecule has 0 bridgehead atoms. The van der Waals surface area contributed by atoms with Gasteiger partial charge in [0.15, 0.2) is 11.6 Å². The second kappa shape index (κ2) is 6.12. The van der Waals surface area contributed by atoms with Crippen LogP contribution < -0.4 is 0 Å². The summed E-state index contributed by atoms with van der Waals surface area (Å²) < 4.78 is 0. The number of H-pyrrole nitrogens is 1. The van der Waals surface area contributed by atoms with Crippen molar-refractivity contribution in [2.24, 2.45) is 0 Å². The molecule has 1 aromatic heterocycles. The monoisotopic (exact) mass is 321 g/mol. The second-order valence-corrected chi connectivity index (χ2v) is 5.64. The van der Waals surface area contributed by atoms with Gasteiger partial charge in [-0.3, -0.25) is 9.59 Å². The predicted molar refractivity (Wildman–Crippen MR) is 89.7 cm³/mol. The standard InChI is InChI=1S/C19H15NO4/c1-11(21)13-3-5-14(6-4-13)18(22)9-12-2-7-16-15(8-12)10-17(20-16)19(23)24/h2-8,10,20H,9H2,1H3,(H,23,24). The van der Waals surface area contributed by atoms with E-state index in [-0.39, 0.29) is 23.7 Å². The lowest BCUT2D eigenvalue weighted by atomic mass is 10.0. The number of hydrogen-bond donors (Lipinski definition) is 2. The summed E-state index contributed by atoms with van der Waals surface area (Å²) in [5.41, 5.74) is 2.75. The van der Waals surface area contributed by atoms with Gasteiger partial charge in [-0.2, -0.15) is 0 Å². The number of fused-ring (bicyclic) bond motifs is 1. The van der Waals surface area contributed by atoms with Gasteiger partial charge >= 0.3 is 5.97 Å². The summed E-state index contributed by atoms with van der Waals surface area (Å²) in [6, 6.07) is 13.5. The molecule has 24 heavy (non-hydrogen) atoms. The number of aromatic nitrogens is 1. The van der Waals surface area contributed by atoms with Crippen molar-refractivity contribution < 1.29 is 19.5 Å². The highest BCUT2D eigenvalue weighted by molar-refractivity contribution is 6.00. The highest BCUT2D eigenvalue weighted by Gasteiger charge is 2.11. The van der Waals surface area contributed by atoms with E-state index in [1.807, 2.05) is 0 Å². The zero-order valence-electron chi connectivity index (χ0n) is 13.0. The molecule has 3 rings (SSSR count). The van der Waals surface area contributed by atoms with Crippen LogP contribution in [0.5, 0.6) is 0 Å². The van der Waals surface area contributed by atoms with Gasteiger partial charge in [-0.1, -0.05) is 30.3 Å². The molecule has 0 atom stereocenters. The van der Waals surface area contributed by atoms with Crippen LogP contribution in [0.25, 0.3) is 10.9 Å². The highest BCUT2D eigenvalue weighted by Crippen LogP contribution is 2.19. The average molecular weight is 321 g/mol. The zero-order chi connectivity index (χ0) is 17.3. The largest absolute Gasteiger partial charge is 0.477 e. The Morgan fingerprint density at radius 2 is 1.62 bits per heavy atom.